The Kier molecular flexibility index (Phi) is 22.3. The van der Waals surface area contributed by atoms with E-state index in [2.05, 4.69) is 85.0 Å². The predicted molar refractivity (Wildman–Crippen MR) is 189 cm³/mol. The first-order chi connectivity index (χ1) is 19.7. The second kappa shape index (κ2) is 23.4. The van der Waals surface area contributed by atoms with Crippen molar-refractivity contribution in [3.05, 3.63) is 119 Å². The minimum absolute atomic E-state index is 0. The quantitative estimate of drug-likeness (QED) is 0.161. The van der Waals surface area contributed by atoms with Gasteiger partial charge in [0, 0.05) is 0 Å². The maximum absolute atomic E-state index is 4.75. The molecule has 1 fully saturated rings. The van der Waals surface area contributed by atoms with Crippen LogP contribution >= 0.6 is 0 Å². The van der Waals surface area contributed by atoms with Crippen LogP contribution in [0.3, 0.4) is 0 Å². The molecule has 0 atom stereocenters. The standard InChI is InChI=1S/C22H31N3.C9H18.C7H7.CH3.Zr/c1-15-11-17(3)21(18(4)12-15)24-9-7-23-8-10-25-22-19(5)13-16(2)14-20(22)6;1-2-3-6-9-7-4-5-8-9;1-7-5-3-2-4-6-7;;/h11-14,23H,7-10H2,1-6H3;9H,2-8H2,1H3;2-6H,1H2;1H3;/q-2;;2*-1;+4. The van der Waals surface area contributed by atoms with Crippen LogP contribution in [0.25, 0.3) is 10.6 Å². The van der Waals surface area contributed by atoms with Gasteiger partial charge in [0.25, 0.3) is 0 Å². The van der Waals surface area contributed by atoms with E-state index < -0.39 is 0 Å². The number of rotatable bonds is 11. The summed E-state index contributed by atoms with van der Waals surface area (Å²) in [5.41, 5.74) is 11.0. The van der Waals surface area contributed by atoms with Crippen molar-refractivity contribution in [1.82, 2.24) is 5.32 Å². The van der Waals surface area contributed by atoms with Crippen molar-refractivity contribution in [3.63, 3.8) is 0 Å². The Morgan fingerprint density at radius 1 is 0.721 bits per heavy atom. The van der Waals surface area contributed by atoms with E-state index in [1.54, 1.807) is 0 Å². The zero-order valence-electron chi connectivity index (χ0n) is 28.7. The van der Waals surface area contributed by atoms with Gasteiger partial charge in [-0.25, -0.2) is 0 Å². The van der Waals surface area contributed by atoms with Crippen molar-refractivity contribution in [2.75, 3.05) is 26.2 Å². The van der Waals surface area contributed by atoms with Gasteiger partial charge in [0.2, 0.25) is 0 Å². The average molecular weight is 661 g/mol. The summed E-state index contributed by atoms with van der Waals surface area (Å²) in [7, 11) is 0. The summed E-state index contributed by atoms with van der Waals surface area (Å²) in [6.45, 7) is 22.2. The van der Waals surface area contributed by atoms with E-state index >= 15 is 0 Å². The van der Waals surface area contributed by atoms with Crippen molar-refractivity contribution in [1.29, 1.82) is 0 Å². The van der Waals surface area contributed by atoms with Crippen LogP contribution in [0.2, 0.25) is 0 Å². The predicted octanol–water partition coefficient (Wildman–Crippen LogP) is 11.5. The Hall–Kier alpha value is -2.03. The van der Waals surface area contributed by atoms with Crippen molar-refractivity contribution in [2.45, 2.75) is 93.4 Å². The minimum Gasteiger partial charge on any atom is -0.683 e. The molecule has 3 nitrogen and oxygen atoms in total. The molecule has 3 aromatic rings. The molecule has 3 aromatic carbocycles. The van der Waals surface area contributed by atoms with Crippen LogP contribution in [0, 0.1) is 61.8 Å². The van der Waals surface area contributed by atoms with E-state index in [0.717, 1.165) is 49.0 Å². The number of nitrogens with one attached hydrogen (secondary N) is 1. The average Bonchev–Trinajstić information content (AvgIpc) is 3.44. The molecule has 0 saturated heterocycles. The molecule has 0 aromatic heterocycles. The maximum atomic E-state index is 4.75. The van der Waals surface area contributed by atoms with Crippen LogP contribution in [-0.4, -0.2) is 26.2 Å². The van der Waals surface area contributed by atoms with Gasteiger partial charge in [-0.3, -0.25) is 0 Å². The molecule has 1 aliphatic rings. The van der Waals surface area contributed by atoms with Gasteiger partial charge in [-0.15, -0.1) is 36.6 Å². The van der Waals surface area contributed by atoms with Gasteiger partial charge in [-0.2, -0.15) is 24.6 Å². The molecule has 0 heterocycles. The molecule has 0 spiro atoms. The topological polar surface area (TPSA) is 40.2 Å². The van der Waals surface area contributed by atoms with Crippen LogP contribution in [0.1, 0.15) is 90.8 Å². The molecule has 1 N–H and O–H groups in total. The zero-order chi connectivity index (χ0) is 30.0. The van der Waals surface area contributed by atoms with Gasteiger partial charge in [-0.05, 0) is 60.5 Å². The summed E-state index contributed by atoms with van der Waals surface area (Å²) >= 11 is 0. The molecule has 0 unspecified atom stereocenters. The SMILES string of the molecule is CCCCC1CCCC1.Cc1cc(C)c([N-]CCNCC[N-]c2c(C)cc(C)cc2C)c(C)c1.[CH2-]c1ccccc1.[CH3-].[Zr+4]. The monoisotopic (exact) mass is 659 g/mol. The smallest absolute Gasteiger partial charge is 0.683 e. The molecule has 1 saturated carbocycles. The third-order valence-corrected chi connectivity index (χ3v) is 7.67. The largest absolute Gasteiger partial charge is 4.00 e. The summed E-state index contributed by atoms with van der Waals surface area (Å²) < 4.78 is 0. The molecular formula is C39H59N3Zr. The summed E-state index contributed by atoms with van der Waals surface area (Å²) in [6.07, 6.45) is 10.4. The molecule has 4 heteroatoms. The maximum Gasteiger partial charge on any atom is 4.00 e. The first-order valence-corrected chi connectivity index (χ1v) is 15.8. The van der Waals surface area contributed by atoms with Gasteiger partial charge in [0.05, 0.1) is 0 Å². The molecule has 0 bridgehead atoms. The van der Waals surface area contributed by atoms with Crippen LogP contribution in [0.5, 0.6) is 0 Å². The van der Waals surface area contributed by atoms with Gasteiger partial charge in [0.1, 0.15) is 0 Å². The molecular weight excluding hydrogens is 602 g/mol. The molecule has 234 valence electrons. The molecule has 1 aliphatic carbocycles. The number of nitrogens with zero attached hydrogens (tertiary/aromatic N) is 2. The Morgan fingerprint density at radius 2 is 1.14 bits per heavy atom. The fourth-order valence-electron chi connectivity index (χ4n) is 5.73. The van der Waals surface area contributed by atoms with E-state index in [4.69, 9.17) is 10.6 Å². The first-order valence-electron chi connectivity index (χ1n) is 15.8. The number of benzene rings is 3. The summed E-state index contributed by atoms with van der Waals surface area (Å²) in [4.78, 5) is 0. The third-order valence-electron chi connectivity index (χ3n) is 7.67. The Balaban J connectivity index is 0.000000800. The normalized spacial score (nSPS) is 12.1. The van der Waals surface area contributed by atoms with Crippen molar-refractivity contribution < 1.29 is 26.2 Å². The van der Waals surface area contributed by atoms with Gasteiger partial charge in [0.15, 0.2) is 0 Å². The van der Waals surface area contributed by atoms with Crippen molar-refractivity contribution in [3.8, 4) is 0 Å². The van der Waals surface area contributed by atoms with E-state index in [-0.39, 0.29) is 33.6 Å². The summed E-state index contributed by atoms with van der Waals surface area (Å²) in [5, 5.41) is 12.9. The van der Waals surface area contributed by atoms with Crippen LogP contribution in [-0.2, 0) is 26.2 Å². The Labute approximate surface area is 285 Å². The van der Waals surface area contributed by atoms with Crippen molar-refractivity contribution >= 4 is 11.4 Å². The number of unbranched alkanes of at least 4 members (excludes halogenated alkanes) is 1. The van der Waals surface area contributed by atoms with E-state index in [1.165, 1.54) is 78.3 Å². The number of aryl methyl sites for hydroxylation is 6. The number of hydrogen-bond acceptors (Lipinski definition) is 1. The van der Waals surface area contributed by atoms with Crippen LogP contribution < -0.4 is 5.32 Å². The second-order valence-corrected chi connectivity index (χ2v) is 11.8. The third kappa shape index (κ3) is 16.6. The van der Waals surface area contributed by atoms with E-state index in [9.17, 15) is 0 Å². The fraction of sp³-hybridized carbons (Fsp3) is 0.487. The zero-order valence-corrected chi connectivity index (χ0v) is 31.1. The molecule has 0 aliphatic heterocycles. The first kappa shape index (κ1) is 41.0. The van der Waals surface area contributed by atoms with Gasteiger partial charge < -0.3 is 23.4 Å². The Bertz CT molecular complexity index is 1030. The minimum atomic E-state index is 0. The summed E-state index contributed by atoms with van der Waals surface area (Å²) in [5.74, 6) is 1.12. The number of hydrogen-bond donors (Lipinski definition) is 1. The second-order valence-electron chi connectivity index (χ2n) is 11.8. The molecule has 0 amide bonds. The van der Waals surface area contributed by atoms with Gasteiger partial charge >= 0.3 is 26.2 Å². The van der Waals surface area contributed by atoms with Crippen LogP contribution in [0.15, 0.2) is 54.6 Å². The molecule has 43 heavy (non-hydrogen) atoms. The van der Waals surface area contributed by atoms with Gasteiger partial charge in [-0.1, -0.05) is 116 Å². The molecule has 4 rings (SSSR count). The summed E-state index contributed by atoms with van der Waals surface area (Å²) in [6, 6.07) is 18.7. The van der Waals surface area contributed by atoms with Crippen LogP contribution in [0.4, 0.5) is 11.4 Å². The molecule has 0 radical (unpaired) electrons. The van der Waals surface area contributed by atoms with E-state index in [1.807, 2.05) is 30.3 Å². The van der Waals surface area contributed by atoms with E-state index in [0.29, 0.717) is 0 Å². The Morgan fingerprint density at radius 3 is 1.49 bits per heavy atom. The fourth-order valence-corrected chi connectivity index (χ4v) is 5.73. The van der Waals surface area contributed by atoms with Crippen molar-refractivity contribution in [2.24, 2.45) is 5.92 Å².